The van der Waals surface area contributed by atoms with E-state index in [2.05, 4.69) is 10.3 Å². The van der Waals surface area contributed by atoms with E-state index < -0.39 is 10.9 Å². The third-order valence-electron chi connectivity index (χ3n) is 3.69. The Hall–Kier alpha value is -3.24. The zero-order chi connectivity index (χ0) is 19.9. The van der Waals surface area contributed by atoms with Crippen molar-refractivity contribution in [1.82, 2.24) is 4.98 Å². The van der Waals surface area contributed by atoms with Gasteiger partial charge in [-0.15, -0.1) is 11.3 Å². The third-order valence-corrected chi connectivity index (χ3v) is 4.54. The van der Waals surface area contributed by atoms with E-state index in [1.807, 2.05) is 17.5 Å². The molecule has 0 unspecified atom stereocenters. The first-order valence-corrected chi connectivity index (χ1v) is 9.13. The summed E-state index contributed by atoms with van der Waals surface area (Å²) in [7, 11) is 1.54. The number of nitro groups is 1. The van der Waals surface area contributed by atoms with E-state index in [9.17, 15) is 14.9 Å². The molecule has 10 heteroatoms. The fourth-order valence-corrected chi connectivity index (χ4v) is 3.01. The van der Waals surface area contributed by atoms with E-state index >= 15 is 0 Å². The number of benzene rings is 1. The summed E-state index contributed by atoms with van der Waals surface area (Å²) in [5.41, 5.74) is 0.609. The van der Waals surface area contributed by atoms with Crippen LogP contribution in [0.15, 0.2) is 46.4 Å². The Labute approximate surface area is 164 Å². The van der Waals surface area contributed by atoms with Crippen LogP contribution in [0.3, 0.4) is 0 Å². The van der Waals surface area contributed by atoms with Crippen LogP contribution < -0.4 is 5.32 Å². The highest BCUT2D eigenvalue weighted by atomic mass is 32.1. The molecule has 0 aliphatic rings. The van der Waals surface area contributed by atoms with Gasteiger partial charge in [-0.3, -0.25) is 10.1 Å². The van der Waals surface area contributed by atoms with Gasteiger partial charge in [0.15, 0.2) is 0 Å². The van der Waals surface area contributed by atoms with Gasteiger partial charge in [0.25, 0.3) is 5.69 Å². The van der Waals surface area contributed by atoms with Gasteiger partial charge in [0.2, 0.25) is 5.89 Å². The molecule has 0 bridgehead atoms. The van der Waals surface area contributed by atoms with Crippen LogP contribution in [0.2, 0.25) is 0 Å². The van der Waals surface area contributed by atoms with Crippen molar-refractivity contribution in [2.75, 3.05) is 25.6 Å². The van der Waals surface area contributed by atoms with Crippen LogP contribution in [0.25, 0.3) is 10.8 Å². The van der Waals surface area contributed by atoms with Crippen molar-refractivity contribution in [2.45, 2.75) is 6.61 Å². The molecule has 28 heavy (non-hydrogen) atoms. The van der Waals surface area contributed by atoms with Crippen molar-refractivity contribution in [3.63, 3.8) is 0 Å². The SMILES string of the molecule is COCCNc1ccc(C(=O)OCc2coc(-c3cccs3)n2)cc1[N+](=O)[O-]. The number of hydrogen-bond donors (Lipinski definition) is 1. The number of ether oxygens (including phenoxy) is 2. The Morgan fingerprint density at radius 3 is 2.96 bits per heavy atom. The molecule has 9 nitrogen and oxygen atoms in total. The average molecular weight is 403 g/mol. The van der Waals surface area contributed by atoms with Gasteiger partial charge in [-0.05, 0) is 23.6 Å². The number of aromatic nitrogens is 1. The molecule has 146 valence electrons. The second kappa shape index (κ2) is 9.11. The summed E-state index contributed by atoms with van der Waals surface area (Å²) >= 11 is 1.48. The quantitative estimate of drug-likeness (QED) is 0.249. The van der Waals surface area contributed by atoms with Crippen LogP contribution in [-0.4, -0.2) is 36.1 Å². The highest BCUT2D eigenvalue weighted by molar-refractivity contribution is 7.13. The maximum absolute atomic E-state index is 12.3. The van der Waals surface area contributed by atoms with Gasteiger partial charge in [-0.2, -0.15) is 0 Å². The summed E-state index contributed by atoms with van der Waals surface area (Å²) in [5.74, 6) is -0.240. The first kappa shape index (κ1) is 19.5. The molecule has 1 aromatic carbocycles. The van der Waals surface area contributed by atoms with Crippen molar-refractivity contribution in [1.29, 1.82) is 0 Å². The molecule has 3 rings (SSSR count). The van der Waals surface area contributed by atoms with E-state index in [1.54, 1.807) is 0 Å². The normalized spacial score (nSPS) is 10.6. The van der Waals surface area contributed by atoms with Crippen molar-refractivity contribution in [3.8, 4) is 10.8 Å². The number of esters is 1. The van der Waals surface area contributed by atoms with Crippen molar-refractivity contribution < 1.29 is 23.6 Å². The standard InChI is InChI=1S/C18H17N3O6S/c1-25-7-6-19-14-5-4-12(9-15(14)21(23)24)18(22)27-11-13-10-26-17(20-13)16-3-2-8-28-16/h2-5,8-10,19H,6-7,11H2,1H3. The van der Waals surface area contributed by atoms with Crippen LogP contribution in [0.4, 0.5) is 11.4 Å². The maximum Gasteiger partial charge on any atom is 0.338 e. The van der Waals surface area contributed by atoms with E-state index in [4.69, 9.17) is 13.9 Å². The molecule has 0 amide bonds. The molecular weight excluding hydrogens is 386 g/mol. The topological polar surface area (TPSA) is 117 Å². The lowest BCUT2D eigenvalue weighted by Gasteiger charge is -2.08. The number of anilines is 1. The number of oxazole rings is 1. The second-order valence-corrected chi connectivity index (χ2v) is 6.55. The molecular formula is C18H17N3O6S. The molecule has 0 aliphatic carbocycles. The number of methoxy groups -OCH3 is 1. The second-order valence-electron chi connectivity index (χ2n) is 5.61. The van der Waals surface area contributed by atoms with Crippen molar-refractivity contribution in [2.24, 2.45) is 0 Å². The first-order chi connectivity index (χ1) is 13.6. The smallest absolute Gasteiger partial charge is 0.338 e. The van der Waals surface area contributed by atoms with E-state index in [-0.39, 0.29) is 17.9 Å². The minimum atomic E-state index is -0.688. The summed E-state index contributed by atoms with van der Waals surface area (Å²) in [6.45, 7) is 0.696. The molecule has 0 atom stereocenters. The Bertz CT molecular complexity index is 954. The Balaban J connectivity index is 1.65. The fraction of sp³-hybridized carbons (Fsp3) is 0.222. The summed E-state index contributed by atoms with van der Waals surface area (Å²) < 4.78 is 15.5. The number of nitrogens with zero attached hydrogens (tertiary/aromatic N) is 2. The monoisotopic (exact) mass is 403 g/mol. The van der Waals surface area contributed by atoms with Gasteiger partial charge in [-0.1, -0.05) is 6.07 Å². The van der Waals surface area contributed by atoms with Gasteiger partial charge in [0.1, 0.15) is 24.3 Å². The lowest BCUT2D eigenvalue weighted by molar-refractivity contribution is -0.384. The first-order valence-electron chi connectivity index (χ1n) is 8.25. The van der Waals surface area contributed by atoms with Crippen LogP contribution in [0, 0.1) is 10.1 Å². The number of thiophene rings is 1. The van der Waals surface area contributed by atoms with Crippen LogP contribution >= 0.6 is 11.3 Å². The summed E-state index contributed by atoms with van der Waals surface area (Å²) in [4.78, 5) is 28.1. The molecule has 1 N–H and O–H groups in total. The van der Waals surface area contributed by atoms with Gasteiger partial charge >= 0.3 is 5.97 Å². The molecule has 0 aliphatic heterocycles. The van der Waals surface area contributed by atoms with E-state index in [1.165, 1.54) is 42.9 Å². The maximum atomic E-state index is 12.3. The number of hydrogen-bond acceptors (Lipinski definition) is 9. The zero-order valence-corrected chi connectivity index (χ0v) is 15.7. The predicted octanol–water partition coefficient (Wildman–Crippen LogP) is 3.73. The number of nitro benzene ring substituents is 1. The van der Waals surface area contributed by atoms with Gasteiger partial charge in [-0.25, -0.2) is 9.78 Å². The number of carbonyl (C=O) groups excluding carboxylic acids is 1. The summed E-state index contributed by atoms with van der Waals surface area (Å²) in [6.07, 6.45) is 1.41. The molecule has 0 fully saturated rings. The van der Waals surface area contributed by atoms with Crippen LogP contribution in [0.5, 0.6) is 0 Å². The predicted molar refractivity (Wildman–Crippen MR) is 102 cm³/mol. The zero-order valence-electron chi connectivity index (χ0n) is 14.9. The lowest BCUT2D eigenvalue weighted by atomic mass is 10.1. The van der Waals surface area contributed by atoms with Gasteiger partial charge in [0, 0.05) is 19.7 Å². The fourth-order valence-electron chi connectivity index (χ4n) is 2.36. The van der Waals surface area contributed by atoms with Crippen LogP contribution in [0.1, 0.15) is 16.1 Å². The largest absolute Gasteiger partial charge is 0.455 e. The molecule has 3 aromatic rings. The summed E-state index contributed by atoms with van der Waals surface area (Å²) in [6, 6.07) is 7.86. The minimum Gasteiger partial charge on any atom is -0.455 e. The Morgan fingerprint density at radius 2 is 2.25 bits per heavy atom. The Morgan fingerprint density at radius 1 is 1.39 bits per heavy atom. The Kier molecular flexibility index (Phi) is 6.35. The molecule has 0 saturated heterocycles. The van der Waals surface area contributed by atoms with Crippen molar-refractivity contribution >= 4 is 28.7 Å². The average Bonchev–Trinajstić information content (AvgIpc) is 3.38. The molecule has 2 heterocycles. The highest BCUT2D eigenvalue weighted by Crippen LogP contribution is 2.26. The molecule has 0 radical (unpaired) electrons. The lowest BCUT2D eigenvalue weighted by Crippen LogP contribution is -2.11. The molecule has 2 aromatic heterocycles. The van der Waals surface area contributed by atoms with Crippen molar-refractivity contribution in [3.05, 3.63) is 63.3 Å². The van der Waals surface area contributed by atoms with E-state index in [0.717, 1.165) is 4.88 Å². The molecule has 0 saturated carbocycles. The van der Waals surface area contributed by atoms with Gasteiger partial charge < -0.3 is 19.2 Å². The number of carbonyl (C=O) groups is 1. The highest BCUT2D eigenvalue weighted by Gasteiger charge is 2.19. The number of nitrogens with one attached hydrogen (secondary N) is 1. The third kappa shape index (κ3) is 4.72. The summed E-state index contributed by atoms with van der Waals surface area (Å²) in [5, 5.41) is 16.1. The minimum absolute atomic E-state index is 0.0750. The number of rotatable bonds is 9. The van der Waals surface area contributed by atoms with Gasteiger partial charge in [0.05, 0.1) is 22.0 Å². The van der Waals surface area contributed by atoms with Crippen LogP contribution in [-0.2, 0) is 16.1 Å². The van der Waals surface area contributed by atoms with E-state index in [0.29, 0.717) is 30.4 Å². The molecule has 0 spiro atoms.